The van der Waals surface area contributed by atoms with E-state index in [4.69, 9.17) is 19.4 Å². The zero-order valence-electron chi connectivity index (χ0n) is 25.2. The van der Waals surface area contributed by atoms with Crippen LogP contribution in [0.1, 0.15) is 64.3 Å². The highest BCUT2D eigenvalue weighted by molar-refractivity contribution is 5.69. The first-order chi connectivity index (χ1) is 19.0. The maximum Gasteiger partial charge on any atom is 0.410 e. The summed E-state index contributed by atoms with van der Waals surface area (Å²) in [5.74, 6) is 0.952. The molecule has 2 saturated heterocycles. The summed E-state index contributed by atoms with van der Waals surface area (Å²) in [5, 5.41) is 0. The van der Waals surface area contributed by atoms with Crippen LogP contribution in [0.4, 0.5) is 10.6 Å². The van der Waals surface area contributed by atoms with Crippen molar-refractivity contribution in [2.24, 2.45) is 0 Å². The van der Waals surface area contributed by atoms with E-state index in [2.05, 4.69) is 65.9 Å². The van der Waals surface area contributed by atoms with E-state index in [1.54, 1.807) is 0 Å². The maximum absolute atomic E-state index is 12.9. The van der Waals surface area contributed by atoms with Gasteiger partial charge in [-0.1, -0.05) is 30.3 Å². The molecule has 4 heterocycles. The Hall–Kier alpha value is -2.91. The molecule has 0 saturated carbocycles. The molecule has 1 aromatic carbocycles. The minimum absolute atomic E-state index is 0.258. The summed E-state index contributed by atoms with van der Waals surface area (Å²) in [6, 6.07) is 11.5. The molecular weight excluding hydrogens is 504 g/mol. The van der Waals surface area contributed by atoms with Gasteiger partial charge >= 0.3 is 12.1 Å². The van der Waals surface area contributed by atoms with Crippen LogP contribution < -0.4 is 9.64 Å². The van der Waals surface area contributed by atoms with Crippen molar-refractivity contribution >= 4 is 11.9 Å². The number of piperazine rings is 1. The first-order valence-electron chi connectivity index (χ1n) is 14.7. The van der Waals surface area contributed by atoms with E-state index in [1.807, 2.05) is 25.7 Å². The third kappa shape index (κ3) is 6.69. The van der Waals surface area contributed by atoms with Gasteiger partial charge in [0.25, 0.3) is 0 Å². The Labute approximate surface area is 239 Å². The van der Waals surface area contributed by atoms with Crippen LogP contribution >= 0.6 is 0 Å². The minimum atomic E-state index is -0.519. The lowest BCUT2D eigenvalue weighted by Crippen LogP contribution is -2.61. The molecule has 40 heavy (non-hydrogen) atoms. The monoisotopic (exact) mass is 550 g/mol. The Kier molecular flexibility index (Phi) is 8.25. The molecule has 0 unspecified atom stereocenters. The molecule has 1 atom stereocenters. The highest BCUT2D eigenvalue weighted by atomic mass is 16.6. The third-order valence-corrected chi connectivity index (χ3v) is 8.24. The van der Waals surface area contributed by atoms with Gasteiger partial charge in [0.05, 0.1) is 11.2 Å². The smallest absolute Gasteiger partial charge is 0.410 e. The normalized spacial score (nSPS) is 21.8. The zero-order valence-corrected chi connectivity index (χ0v) is 25.2. The molecule has 9 heteroatoms. The lowest BCUT2D eigenvalue weighted by molar-refractivity contribution is 0.0178. The Morgan fingerprint density at radius 2 is 1.85 bits per heavy atom. The number of carbonyl (C=O) groups is 1. The lowest BCUT2D eigenvalue weighted by atomic mass is 9.96. The molecule has 0 aliphatic carbocycles. The molecule has 5 rings (SSSR count). The number of rotatable bonds is 6. The van der Waals surface area contributed by atoms with Gasteiger partial charge in [0.1, 0.15) is 18.0 Å². The number of benzene rings is 1. The number of nitrogens with zero attached hydrogens (tertiary/aromatic N) is 6. The van der Waals surface area contributed by atoms with Crippen LogP contribution in [0.2, 0.25) is 0 Å². The molecule has 0 spiro atoms. The van der Waals surface area contributed by atoms with Crippen molar-refractivity contribution in [3.63, 3.8) is 0 Å². The summed E-state index contributed by atoms with van der Waals surface area (Å²) >= 11 is 0. The number of hydrogen-bond acceptors (Lipinski definition) is 8. The van der Waals surface area contributed by atoms with Gasteiger partial charge in [0, 0.05) is 50.9 Å². The van der Waals surface area contributed by atoms with Crippen LogP contribution in [0.5, 0.6) is 6.01 Å². The molecule has 0 radical (unpaired) electrons. The molecule has 3 aliphatic rings. The number of likely N-dealkylation sites (N-methyl/N-ethyl adjacent to an activating group) is 1. The minimum Gasteiger partial charge on any atom is -0.462 e. The number of fused-ring (bicyclic) bond motifs is 1. The van der Waals surface area contributed by atoms with Gasteiger partial charge in [-0.05, 0) is 73.0 Å². The second-order valence-corrected chi connectivity index (χ2v) is 13.2. The molecule has 2 aromatic rings. The van der Waals surface area contributed by atoms with Crippen LogP contribution in [0.3, 0.4) is 0 Å². The first kappa shape index (κ1) is 28.6. The fraction of sp³-hybridized carbons (Fsp3) is 0.645. The lowest BCUT2D eigenvalue weighted by Gasteiger charge is -2.48. The van der Waals surface area contributed by atoms with Crippen molar-refractivity contribution < 1.29 is 14.3 Å². The van der Waals surface area contributed by atoms with Crippen LogP contribution in [0, 0.1) is 0 Å². The predicted molar refractivity (Wildman–Crippen MR) is 157 cm³/mol. The highest BCUT2D eigenvalue weighted by Crippen LogP contribution is 2.35. The summed E-state index contributed by atoms with van der Waals surface area (Å²) in [5.41, 5.74) is 2.71. The fourth-order valence-electron chi connectivity index (χ4n) is 6.10. The standard InChI is InChI=1S/C31H46N6O3/c1-30(2,3)40-29(38)36-17-18-37(31(4,5)22-36)27-25-14-16-35(19-23-11-8-7-9-12-23)20-26(25)32-28(33-27)39-21-24-13-10-15-34(24)6/h7-9,11-12,24H,10,13-22H2,1-6H3/t24-/m0/s1. The average molecular weight is 551 g/mol. The molecule has 0 N–H and O–H groups in total. The van der Waals surface area contributed by atoms with Crippen molar-refractivity contribution in [1.82, 2.24) is 24.7 Å². The third-order valence-electron chi connectivity index (χ3n) is 8.24. The van der Waals surface area contributed by atoms with Crippen LogP contribution in [0.15, 0.2) is 30.3 Å². The van der Waals surface area contributed by atoms with E-state index in [0.29, 0.717) is 38.3 Å². The van der Waals surface area contributed by atoms with Gasteiger partial charge < -0.3 is 24.2 Å². The Balaban J connectivity index is 1.39. The van der Waals surface area contributed by atoms with Crippen LogP contribution in [-0.4, -0.2) is 94.3 Å². The molecule has 2 fully saturated rings. The molecule has 1 amide bonds. The van der Waals surface area contributed by atoms with Gasteiger partial charge in [-0.25, -0.2) is 4.79 Å². The second-order valence-electron chi connectivity index (χ2n) is 13.2. The fourth-order valence-corrected chi connectivity index (χ4v) is 6.10. The van der Waals surface area contributed by atoms with Gasteiger partial charge in [-0.15, -0.1) is 0 Å². The molecule has 0 bridgehead atoms. The number of carbonyl (C=O) groups excluding carboxylic acids is 1. The number of amides is 1. The number of hydrogen-bond donors (Lipinski definition) is 0. The van der Waals surface area contributed by atoms with E-state index in [0.717, 1.165) is 50.5 Å². The predicted octanol–water partition coefficient (Wildman–Crippen LogP) is 4.34. The first-order valence-corrected chi connectivity index (χ1v) is 14.7. The van der Waals surface area contributed by atoms with Crippen molar-refractivity contribution in [3.05, 3.63) is 47.2 Å². The quantitative estimate of drug-likeness (QED) is 0.526. The van der Waals surface area contributed by atoms with Crippen molar-refractivity contribution in [1.29, 1.82) is 0 Å². The summed E-state index contributed by atoms with van der Waals surface area (Å²) in [6.45, 7) is 16.2. The van der Waals surface area contributed by atoms with Crippen molar-refractivity contribution in [3.8, 4) is 6.01 Å². The summed E-state index contributed by atoms with van der Waals surface area (Å²) in [4.78, 5) is 31.9. The number of likely N-dealkylation sites (tertiary alicyclic amines) is 1. The largest absolute Gasteiger partial charge is 0.462 e. The van der Waals surface area contributed by atoms with E-state index < -0.39 is 5.60 Å². The maximum atomic E-state index is 12.9. The molecule has 3 aliphatic heterocycles. The molecule has 1 aromatic heterocycles. The topological polar surface area (TPSA) is 74.3 Å². The van der Waals surface area contributed by atoms with Gasteiger partial charge in [0.2, 0.25) is 0 Å². The second kappa shape index (κ2) is 11.5. The highest BCUT2D eigenvalue weighted by Gasteiger charge is 2.40. The molecule has 9 nitrogen and oxygen atoms in total. The Morgan fingerprint density at radius 3 is 2.52 bits per heavy atom. The van der Waals surface area contributed by atoms with Gasteiger partial charge in [-0.3, -0.25) is 4.90 Å². The van der Waals surface area contributed by atoms with Gasteiger partial charge in [-0.2, -0.15) is 9.97 Å². The van der Waals surface area contributed by atoms with Gasteiger partial charge in [0.15, 0.2) is 0 Å². The number of ether oxygens (including phenoxy) is 2. The van der Waals surface area contributed by atoms with Crippen LogP contribution in [0.25, 0.3) is 0 Å². The van der Waals surface area contributed by atoms with E-state index >= 15 is 0 Å². The van der Waals surface area contributed by atoms with Crippen molar-refractivity contribution in [2.75, 3.05) is 51.3 Å². The van der Waals surface area contributed by atoms with Crippen LogP contribution in [-0.2, 0) is 24.2 Å². The Morgan fingerprint density at radius 1 is 1.07 bits per heavy atom. The van der Waals surface area contributed by atoms with E-state index in [-0.39, 0.29) is 11.6 Å². The summed E-state index contributed by atoms with van der Waals surface area (Å²) < 4.78 is 12.0. The SMILES string of the molecule is CN1CCC[C@H]1COc1nc2c(c(N3CCN(C(=O)OC(C)(C)C)CC3(C)C)n1)CCN(Cc1ccccc1)C2. The van der Waals surface area contributed by atoms with E-state index in [1.165, 1.54) is 17.5 Å². The summed E-state index contributed by atoms with van der Waals surface area (Å²) in [7, 11) is 2.16. The zero-order chi connectivity index (χ0) is 28.5. The molecular formula is C31H46N6O3. The Bertz CT molecular complexity index is 1180. The molecule has 218 valence electrons. The summed E-state index contributed by atoms with van der Waals surface area (Å²) in [6.07, 6.45) is 2.96. The van der Waals surface area contributed by atoms with Crippen molar-refractivity contribution in [2.45, 2.75) is 84.2 Å². The number of aromatic nitrogens is 2. The van der Waals surface area contributed by atoms with E-state index in [9.17, 15) is 4.79 Å². The average Bonchev–Trinajstić information content (AvgIpc) is 3.30. The number of anilines is 1.